The first-order valence-electron chi connectivity index (χ1n) is 7.74. The van der Waals surface area contributed by atoms with Crippen molar-refractivity contribution in [2.75, 3.05) is 13.7 Å². The molecule has 1 N–H and O–H groups in total. The van der Waals surface area contributed by atoms with Gasteiger partial charge in [0.15, 0.2) is 0 Å². The van der Waals surface area contributed by atoms with E-state index in [1.54, 1.807) is 0 Å². The largest absolute Gasteiger partial charge is 0.493 e. The normalized spacial score (nSPS) is 14.6. The Morgan fingerprint density at radius 3 is 2.90 bits per heavy atom. The summed E-state index contributed by atoms with van der Waals surface area (Å²) in [6.07, 6.45) is 3.25. The van der Waals surface area contributed by atoms with E-state index < -0.39 is 0 Å². The molecule has 0 aliphatic carbocycles. The fraction of sp³-hybridized carbons (Fsp3) is 0.368. The molecule has 0 saturated carbocycles. The van der Waals surface area contributed by atoms with Crippen LogP contribution in [0.25, 0.3) is 0 Å². The second kappa shape index (κ2) is 6.31. The summed E-state index contributed by atoms with van der Waals surface area (Å²) in [5.74, 6) is 1.06. The van der Waals surface area contributed by atoms with E-state index in [4.69, 9.17) is 4.74 Å². The minimum absolute atomic E-state index is 0.399. The maximum Gasteiger partial charge on any atom is 0.122 e. The molecule has 0 fully saturated rings. The van der Waals surface area contributed by atoms with E-state index >= 15 is 0 Å². The summed E-state index contributed by atoms with van der Waals surface area (Å²) in [5.41, 5.74) is 5.47. The molecule has 1 aliphatic rings. The Morgan fingerprint density at radius 1 is 1.19 bits per heavy atom. The number of rotatable bonds is 5. The number of aryl methyl sites for hydroxylation is 2. The van der Waals surface area contributed by atoms with Gasteiger partial charge in [-0.1, -0.05) is 42.0 Å². The van der Waals surface area contributed by atoms with E-state index in [0.29, 0.717) is 6.04 Å². The maximum absolute atomic E-state index is 5.59. The predicted molar refractivity (Wildman–Crippen MR) is 86.9 cm³/mol. The van der Waals surface area contributed by atoms with Gasteiger partial charge in [-0.25, -0.2) is 0 Å². The average Bonchev–Trinajstić information content (AvgIpc) is 2.95. The molecule has 2 aromatic rings. The maximum atomic E-state index is 5.59. The van der Waals surface area contributed by atoms with E-state index in [0.717, 1.165) is 31.6 Å². The molecule has 0 saturated heterocycles. The zero-order valence-corrected chi connectivity index (χ0v) is 12.9. The zero-order chi connectivity index (χ0) is 14.7. The molecular weight excluding hydrogens is 258 g/mol. The summed E-state index contributed by atoms with van der Waals surface area (Å²) < 4.78 is 5.59. The number of hydrogen-bond acceptors (Lipinski definition) is 2. The van der Waals surface area contributed by atoms with Crippen LogP contribution in [0, 0.1) is 6.92 Å². The molecule has 0 radical (unpaired) electrons. The van der Waals surface area contributed by atoms with Gasteiger partial charge in [-0.05, 0) is 49.6 Å². The summed E-state index contributed by atoms with van der Waals surface area (Å²) in [6, 6.07) is 15.8. The van der Waals surface area contributed by atoms with E-state index in [2.05, 4.69) is 54.7 Å². The fourth-order valence-electron chi connectivity index (χ4n) is 3.08. The summed E-state index contributed by atoms with van der Waals surface area (Å²) in [4.78, 5) is 0. The third-order valence-corrected chi connectivity index (χ3v) is 4.27. The van der Waals surface area contributed by atoms with Gasteiger partial charge in [0.05, 0.1) is 6.61 Å². The lowest BCUT2D eigenvalue weighted by Gasteiger charge is -2.17. The Labute approximate surface area is 127 Å². The molecule has 2 heteroatoms. The first-order chi connectivity index (χ1) is 10.3. The van der Waals surface area contributed by atoms with Crippen molar-refractivity contribution >= 4 is 0 Å². The molecule has 0 bridgehead atoms. The molecular formula is C19H23NO. The van der Waals surface area contributed by atoms with Gasteiger partial charge < -0.3 is 10.1 Å². The number of nitrogens with one attached hydrogen (secondary N) is 1. The SMILES string of the molecule is CNC(CCc1cccc(C)c1)c1ccc2c(c1)CCO2. The summed E-state index contributed by atoms with van der Waals surface area (Å²) in [5, 5.41) is 3.45. The Bertz CT molecular complexity index is 621. The van der Waals surface area contributed by atoms with E-state index in [-0.39, 0.29) is 0 Å². The highest BCUT2D eigenvalue weighted by molar-refractivity contribution is 5.40. The third kappa shape index (κ3) is 3.27. The monoisotopic (exact) mass is 281 g/mol. The standard InChI is InChI=1S/C19H23NO/c1-14-4-3-5-15(12-14)6-8-18(20-2)16-7-9-19-17(13-16)10-11-21-19/h3-5,7,9,12-13,18,20H,6,8,10-11H2,1-2H3. The molecule has 1 aliphatic heterocycles. The molecule has 0 aromatic heterocycles. The summed E-state index contributed by atoms with van der Waals surface area (Å²) >= 11 is 0. The molecule has 1 atom stereocenters. The lowest BCUT2D eigenvalue weighted by molar-refractivity contribution is 0.356. The molecule has 110 valence electrons. The quantitative estimate of drug-likeness (QED) is 0.899. The van der Waals surface area contributed by atoms with Crippen LogP contribution in [-0.4, -0.2) is 13.7 Å². The second-order valence-electron chi connectivity index (χ2n) is 5.83. The van der Waals surface area contributed by atoms with Crippen LogP contribution >= 0.6 is 0 Å². The van der Waals surface area contributed by atoms with E-state index in [9.17, 15) is 0 Å². The van der Waals surface area contributed by atoms with Crippen LogP contribution in [0.2, 0.25) is 0 Å². The molecule has 3 rings (SSSR count). The average molecular weight is 281 g/mol. The lowest BCUT2D eigenvalue weighted by atomic mass is 9.96. The van der Waals surface area contributed by atoms with Crippen LogP contribution in [0.15, 0.2) is 42.5 Å². The van der Waals surface area contributed by atoms with Crippen molar-refractivity contribution < 1.29 is 4.74 Å². The van der Waals surface area contributed by atoms with Crippen LogP contribution in [0.1, 0.15) is 34.7 Å². The number of hydrogen-bond donors (Lipinski definition) is 1. The molecule has 21 heavy (non-hydrogen) atoms. The molecule has 2 nitrogen and oxygen atoms in total. The number of benzene rings is 2. The van der Waals surface area contributed by atoms with Gasteiger partial charge in [0, 0.05) is 12.5 Å². The fourth-order valence-corrected chi connectivity index (χ4v) is 3.08. The van der Waals surface area contributed by atoms with Crippen molar-refractivity contribution in [3.05, 3.63) is 64.7 Å². The van der Waals surface area contributed by atoms with Crippen molar-refractivity contribution in [2.45, 2.75) is 32.2 Å². The summed E-state index contributed by atoms with van der Waals surface area (Å²) in [7, 11) is 2.05. The van der Waals surface area contributed by atoms with Crippen molar-refractivity contribution in [1.29, 1.82) is 0 Å². The highest BCUT2D eigenvalue weighted by atomic mass is 16.5. The Morgan fingerprint density at radius 2 is 2.10 bits per heavy atom. The molecule has 0 spiro atoms. The third-order valence-electron chi connectivity index (χ3n) is 4.27. The van der Waals surface area contributed by atoms with Gasteiger partial charge in [0.25, 0.3) is 0 Å². The van der Waals surface area contributed by atoms with Gasteiger partial charge in [0.1, 0.15) is 5.75 Å². The van der Waals surface area contributed by atoms with Crippen molar-refractivity contribution in [3.8, 4) is 5.75 Å². The van der Waals surface area contributed by atoms with Crippen molar-refractivity contribution in [1.82, 2.24) is 5.32 Å². The van der Waals surface area contributed by atoms with E-state index in [1.165, 1.54) is 22.3 Å². The van der Waals surface area contributed by atoms with Crippen LogP contribution in [0.4, 0.5) is 0 Å². The Kier molecular flexibility index (Phi) is 4.26. The van der Waals surface area contributed by atoms with Gasteiger partial charge in [-0.3, -0.25) is 0 Å². The van der Waals surface area contributed by atoms with Crippen LogP contribution in [0.5, 0.6) is 5.75 Å². The number of fused-ring (bicyclic) bond motifs is 1. The van der Waals surface area contributed by atoms with Gasteiger partial charge in [0.2, 0.25) is 0 Å². The molecule has 1 unspecified atom stereocenters. The van der Waals surface area contributed by atoms with Gasteiger partial charge in [-0.2, -0.15) is 0 Å². The molecule has 1 heterocycles. The highest BCUT2D eigenvalue weighted by Gasteiger charge is 2.16. The van der Waals surface area contributed by atoms with Crippen molar-refractivity contribution in [2.24, 2.45) is 0 Å². The van der Waals surface area contributed by atoms with Crippen molar-refractivity contribution in [3.63, 3.8) is 0 Å². The first kappa shape index (κ1) is 14.2. The summed E-state index contributed by atoms with van der Waals surface area (Å²) in [6.45, 7) is 2.98. The van der Waals surface area contributed by atoms with Crippen LogP contribution in [0.3, 0.4) is 0 Å². The predicted octanol–water partition coefficient (Wildman–Crippen LogP) is 3.82. The first-order valence-corrected chi connectivity index (χ1v) is 7.74. The van der Waals surface area contributed by atoms with Gasteiger partial charge >= 0.3 is 0 Å². The second-order valence-corrected chi connectivity index (χ2v) is 5.83. The number of ether oxygens (including phenoxy) is 1. The molecule has 0 amide bonds. The topological polar surface area (TPSA) is 21.3 Å². The Hall–Kier alpha value is -1.80. The van der Waals surface area contributed by atoms with E-state index in [1.807, 2.05) is 7.05 Å². The van der Waals surface area contributed by atoms with Gasteiger partial charge in [-0.15, -0.1) is 0 Å². The minimum Gasteiger partial charge on any atom is -0.493 e. The Balaban J connectivity index is 1.70. The highest BCUT2D eigenvalue weighted by Crippen LogP contribution is 2.29. The smallest absolute Gasteiger partial charge is 0.122 e. The molecule has 2 aromatic carbocycles. The minimum atomic E-state index is 0.399. The zero-order valence-electron chi connectivity index (χ0n) is 12.9. The lowest BCUT2D eigenvalue weighted by Crippen LogP contribution is -2.17. The van der Waals surface area contributed by atoms with Crippen LogP contribution < -0.4 is 10.1 Å². The van der Waals surface area contributed by atoms with Crippen LogP contribution in [-0.2, 0) is 12.8 Å².